The lowest BCUT2D eigenvalue weighted by atomic mass is 10.1. The molecule has 0 aliphatic heterocycles. The van der Waals surface area contributed by atoms with Gasteiger partial charge in [-0.1, -0.05) is 42.6 Å². The van der Waals surface area contributed by atoms with Crippen LogP contribution in [0.2, 0.25) is 0 Å². The molecule has 1 atom stereocenters. The predicted octanol–water partition coefficient (Wildman–Crippen LogP) is 3.49. The summed E-state index contributed by atoms with van der Waals surface area (Å²) >= 11 is 4.06. The predicted molar refractivity (Wildman–Crippen MR) is 84.0 cm³/mol. The van der Waals surface area contributed by atoms with Crippen LogP contribution in [0.25, 0.3) is 0 Å². The van der Waals surface area contributed by atoms with Crippen molar-refractivity contribution in [2.45, 2.75) is 33.0 Å². The maximum atomic E-state index is 5.80. The van der Waals surface area contributed by atoms with Crippen molar-refractivity contribution in [1.82, 2.24) is 10.3 Å². The molecule has 0 amide bonds. The van der Waals surface area contributed by atoms with Crippen molar-refractivity contribution in [1.29, 1.82) is 0 Å². The average Bonchev–Trinajstić information content (AvgIpc) is 2.38. The van der Waals surface area contributed by atoms with Crippen molar-refractivity contribution >= 4 is 21.2 Å². The maximum absolute atomic E-state index is 5.80. The number of nitrogens with one attached hydrogen (secondary N) is 2. The second-order valence-electron chi connectivity index (χ2n) is 4.27. The summed E-state index contributed by atoms with van der Waals surface area (Å²) in [4.78, 5) is 2.72. The Morgan fingerprint density at radius 3 is 2.37 bits per heavy atom. The van der Waals surface area contributed by atoms with Crippen LogP contribution in [0, 0.1) is 6.92 Å². The fourth-order valence-corrected chi connectivity index (χ4v) is 3.68. The van der Waals surface area contributed by atoms with Crippen LogP contribution in [0.1, 0.15) is 31.9 Å². The number of hydrogen-bond donors (Lipinski definition) is 3. The van der Waals surface area contributed by atoms with Gasteiger partial charge in [0.05, 0.1) is 13.2 Å². The van der Waals surface area contributed by atoms with Gasteiger partial charge in [-0.3, -0.25) is 0 Å². The highest BCUT2D eigenvalue weighted by Gasteiger charge is 2.38. The van der Waals surface area contributed by atoms with Crippen LogP contribution in [0.5, 0.6) is 0 Å². The number of hydrazine groups is 1. The zero-order valence-electron chi connectivity index (χ0n) is 11.9. The van der Waals surface area contributed by atoms with Gasteiger partial charge in [0.1, 0.15) is 5.28 Å². The molecule has 0 saturated heterocycles. The minimum atomic E-state index is -1.12. The van der Waals surface area contributed by atoms with Gasteiger partial charge in [-0.15, -0.1) is 0 Å². The van der Waals surface area contributed by atoms with Crippen LogP contribution in [0.3, 0.4) is 0 Å². The quantitative estimate of drug-likeness (QED) is 0.391. The molecule has 0 unspecified atom stereocenters. The van der Waals surface area contributed by atoms with Crippen molar-refractivity contribution in [3.05, 3.63) is 35.4 Å². The number of aryl methyl sites for hydroxylation is 1. The second kappa shape index (κ2) is 8.20. The molecule has 1 rings (SSSR count). The van der Waals surface area contributed by atoms with Crippen molar-refractivity contribution in [3.63, 3.8) is 0 Å². The molecule has 0 bridgehead atoms. The van der Waals surface area contributed by atoms with E-state index in [1.165, 1.54) is 5.56 Å². The third kappa shape index (κ3) is 4.42. The summed E-state index contributed by atoms with van der Waals surface area (Å²) in [5, 5.41) is -0.463. The third-order valence-electron chi connectivity index (χ3n) is 2.74. The van der Waals surface area contributed by atoms with Crippen molar-refractivity contribution in [2.24, 2.45) is 0 Å². The van der Waals surface area contributed by atoms with Crippen molar-refractivity contribution < 1.29 is 9.05 Å². The molecule has 0 saturated carbocycles. The molecule has 19 heavy (non-hydrogen) atoms. The van der Waals surface area contributed by atoms with Gasteiger partial charge >= 0.3 is 0 Å². The van der Waals surface area contributed by atoms with E-state index >= 15 is 0 Å². The topological polar surface area (TPSA) is 42.5 Å². The van der Waals surface area contributed by atoms with Crippen LogP contribution in [-0.4, -0.2) is 13.2 Å². The highest BCUT2D eigenvalue weighted by Crippen LogP contribution is 2.55. The van der Waals surface area contributed by atoms with E-state index in [4.69, 9.17) is 9.05 Å². The van der Waals surface area contributed by atoms with Gasteiger partial charge in [-0.25, -0.2) is 10.3 Å². The number of thiol groups is 1. The van der Waals surface area contributed by atoms with Gasteiger partial charge in [0.15, 0.2) is 8.38 Å². The first-order valence-electron chi connectivity index (χ1n) is 6.38. The average molecular weight is 302 g/mol. The first-order valence-corrected chi connectivity index (χ1v) is 8.00. The van der Waals surface area contributed by atoms with Crippen LogP contribution in [0.15, 0.2) is 24.3 Å². The lowest BCUT2D eigenvalue weighted by Crippen LogP contribution is -2.43. The monoisotopic (exact) mass is 302 g/mol. The fourth-order valence-electron chi connectivity index (χ4n) is 1.81. The molecule has 1 aromatic rings. The molecule has 1 aromatic carbocycles. The van der Waals surface area contributed by atoms with E-state index in [9.17, 15) is 0 Å². The molecule has 0 aromatic heterocycles. The van der Waals surface area contributed by atoms with Crippen molar-refractivity contribution in [2.75, 3.05) is 13.2 Å². The maximum Gasteiger partial charge on any atom is 0.198 e. The zero-order valence-corrected chi connectivity index (χ0v) is 13.7. The molecule has 4 nitrogen and oxygen atoms in total. The molecule has 0 spiro atoms. The molecule has 2 N–H and O–H groups in total. The van der Waals surface area contributed by atoms with Gasteiger partial charge < -0.3 is 9.05 Å². The summed E-state index contributed by atoms with van der Waals surface area (Å²) in [6.07, 6.45) is 0. The molecule has 0 aliphatic rings. The number of hydrogen-bond acceptors (Lipinski definition) is 5. The molecule has 0 fully saturated rings. The Balaban J connectivity index is 3.12. The highest BCUT2D eigenvalue weighted by molar-refractivity contribution is 7.78. The summed E-state index contributed by atoms with van der Waals surface area (Å²) in [5.41, 5.74) is 5.48. The Labute approximate surface area is 122 Å². The molecule has 0 heterocycles. The smallest absolute Gasteiger partial charge is 0.198 e. The third-order valence-corrected chi connectivity index (χ3v) is 4.93. The van der Waals surface area contributed by atoms with Crippen LogP contribution < -0.4 is 10.3 Å². The van der Waals surface area contributed by atoms with Gasteiger partial charge in [0.2, 0.25) is 0 Å². The molecule has 108 valence electrons. The van der Waals surface area contributed by atoms with Crippen LogP contribution in [0.4, 0.5) is 0 Å². The van der Waals surface area contributed by atoms with E-state index in [2.05, 4.69) is 55.1 Å². The second-order valence-corrected chi connectivity index (χ2v) is 6.42. The zero-order chi connectivity index (χ0) is 14.3. The summed E-state index contributed by atoms with van der Waals surface area (Å²) < 4.78 is 11.6. The van der Waals surface area contributed by atoms with Gasteiger partial charge in [-0.05, 0) is 33.3 Å². The Hall–Kier alpha value is -0.160. The summed E-state index contributed by atoms with van der Waals surface area (Å²) in [6.45, 7) is 9.30. The lowest BCUT2D eigenvalue weighted by Gasteiger charge is -2.36. The standard InChI is InChI=1S/C13H23N2O2PS/c1-5-16-18(17-6-2)13(4,14-15-19)12-9-7-8-11(3)10-12/h7-10,14-15,19H,5-6H2,1-4H3/t13-/m1/s1. The number of rotatable bonds is 8. The summed E-state index contributed by atoms with van der Waals surface area (Å²) in [5.74, 6) is 0. The minimum absolute atomic E-state index is 0.463. The first kappa shape index (κ1) is 16.9. The summed E-state index contributed by atoms with van der Waals surface area (Å²) in [7, 11) is -1.12. The van der Waals surface area contributed by atoms with Gasteiger partial charge in [0, 0.05) is 0 Å². The number of benzene rings is 1. The van der Waals surface area contributed by atoms with E-state index in [0.29, 0.717) is 13.2 Å². The van der Waals surface area contributed by atoms with E-state index in [1.54, 1.807) is 0 Å². The van der Waals surface area contributed by atoms with E-state index in [-0.39, 0.29) is 0 Å². The fraction of sp³-hybridized carbons (Fsp3) is 0.538. The summed E-state index contributed by atoms with van der Waals surface area (Å²) in [6, 6.07) is 8.31. The molecule has 0 aliphatic carbocycles. The first-order chi connectivity index (χ1) is 9.08. The van der Waals surface area contributed by atoms with E-state index in [1.807, 2.05) is 19.9 Å². The lowest BCUT2D eigenvalue weighted by molar-refractivity contribution is 0.238. The minimum Gasteiger partial charge on any atom is -0.333 e. The highest BCUT2D eigenvalue weighted by atomic mass is 32.1. The van der Waals surface area contributed by atoms with Gasteiger partial charge in [0.25, 0.3) is 0 Å². The SMILES string of the molecule is CCOP(OCC)[C@@](C)(NNS)c1cccc(C)c1. The van der Waals surface area contributed by atoms with E-state index < -0.39 is 13.7 Å². The molecule has 6 heteroatoms. The Morgan fingerprint density at radius 2 is 1.89 bits per heavy atom. The molecular formula is C13H23N2O2PS. The molecule has 0 radical (unpaired) electrons. The van der Waals surface area contributed by atoms with Crippen molar-refractivity contribution in [3.8, 4) is 0 Å². The van der Waals surface area contributed by atoms with Crippen LogP contribution in [-0.2, 0) is 14.3 Å². The van der Waals surface area contributed by atoms with Gasteiger partial charge in [-0.2, -0.15) is 0 Å². The Kier molecular flexibility index (Phi) is 7.29. The largest absolute Gasteiger partial charge is 0.333 e. The normalized spacial score (nSPS) is 14.6. The Morgan fingerprint density at radius 1 is 1.26 bits per heavy atom. The van der Waals surface area contributed by atoms with Crippen LogP contribution >= 0.6 is 21.2 Å². The Bertz CT molecular complexity index is 389. The molecular weight excluding hydrogens is 279 g/mol. The van der Waals surface area contributed by atoms with E-state index in [0.717, 1.165) is 5.56 Å².